The first kappa shape index (κ1) is 16.0. The second-order valence-corrected chi connectivity index (χ2v) is 6.03. The van der Waals surface area contributed by atoms with Gasteiger partial charge in [-0.2, -0.15) is 0 Å². The average Bonchev–Trinajstić information content (AvgIpc) is 2.72. The van der Waals surface area contributed by atoms with Crippen molar-refractivity contribution in [3.63, 3.8) is 0 Å². The summed E-state index contributed by atoms with van der Waals surface area (Å²) in [5, 5.41) is 1.00. The molecular formula is C23H17NO2. The zero-order valence-corrected chi connectivity index (χ0v) is 14.1. The maximum absolute atomic E-state index is 12.3. The number of nitrogens with zero attached hydrogens (tertiary/aromatic N) is 1. The fourth-order valence-corrected chi connectivity index (χ4v) is 2.83. The summed E-state index contributed by atoms with van der Waals surface area (Å²) in [5.41, 5.74) is 4.35. The molecule has 4 rings (SSSR count). The van der Waals surface area contributed by atoms with Gasteiger partial charge in [-0.25, -0.2) is 9.78 Å². The highest BCUT2D eigenvalue weighted by molar-refractivity contribution is 5.91. The molecule has 0 amide bonds. The molecule has 0 saturated heterocycles. The van der Waals surface area contributed by atoms with E-state index >= 15 is 0 Å². The second-order valence-electron chi connectivity index (χ2n) is 6.03. The van der Waals surface area contributed by atoms with Crippen LogP contribution in [-0.2, 0) is 11.3 Å². The molecule has 0 atom stereocenters. The molecule has 0 N–H and O–H groups in total. The lowest BCUT2D eigenvalue weighted by molar-refractivity contribution is 0.0466. The number of pyridine rings is 1. The number of aromatic nitrogens is 1. The van der Waals surface area contributed by atoms with Gasteiger partial charge < -0.3 is 4.74 Å². The first-order valence-electron chi connectivity index (χ1n) is 8.47. The Morgan fingerprint density at radius 3 is 2.23 bits per heavy atom. The molecule has 0 bridgehead atoms. The molecule has 0 fully saturated rings. The van der Waals surface area contributed by atoms with E-state index < -0.39 is 5.97 Å². The molecule has 1 heterocycles. The summed E-state index contributed by atoms with van der Waals surface area (Å²) in [6, 6.07) is 29.5. The van der Waals surface area contributed by atoms with Crippen LogP contribution in [0, 0.1) is 0 Å². The number of rotatable bonds is 4. The Kier molecular flexibility index (Phi) is 4.44. The van der Waals surface area contributed by atoms with Crippen LogP contribution in [0.3, 0.4) is 0 Å². The van der Waals surface area contributed by atoms with Gasteiger partial charge in [-0.3, -0.25) is 0 Å². The lowest BCUT2D eigenvalue weighted by Gasteiger charge is -2.07. The summed E-state index contributed by atoms with van der Waals surface area (Å²) < 4.78 is 5.41. The molecule has 1 aromatic heterocycles. The molecule has 3 aromatic carbocycles. The molecule has 0 aliphatic heterocycles. The lowest BCUT2D eigenvalue weighted by Crippen LogP contribution is -2.07. The van der Waals surface area contributed by atoms with Gasteiger partial charge in [0.2, 0.25) is 0 Å². The fourth-order valence-electron chi connectivity index (χ4n) is 2.83. The number of carbonyl (C=O) groups is 1. The van der Waals surface area contributed by atoms with Crippen molar-refractivity contribution in [2.75, 3.05) is 0 Å². The molecule has 3 heteroatoms. The summed E-state index contributed by atoms with van der Waals surface area (Å²) in [6.45, 7) is 0.225. The number of hydrogen-bond acceptors (Lipinski definition) is 3. The summed E-state index contributed by atoms with van der Waals surface area (Å²) in [7, 11) is 0. The summed E-state index contributed by atoms with van der Waals surface area (Å²) >= 11 is 0. The van der Waals surface area contributed by atoms with Crippen molar-refractivity contribution in [2.24, 2.45) is 0 Å². The summed E-state index contributed by atoms with van der Waals surface area (Å²) in [5.74, 6) is -0.414. The number of benzene rings is 3. The minimum Gasteiger partial charge on any atom is -0.456 e. The number of carbonyl (C=O) groups excluding carboxylic acids is 1. The molecular weight excluding hydrogens is 322 g/mol. The number of hydrogen-bond donors (Lipinski definition) is 0. The number of ether oxygens (including phenoxy) is 1. The van der Waals surface area contributed by atoms with Gasteiger partial charge in [-0.1, -0.05) is 78.9 Å². The maximum atomic E-state index is 12.3. The Morgan fingerprint density at radius 1 is 0.731 bits per heavy atom. The van der Waals surface area contributed by atoms with Crippen LogP contribution in [0.4, 0.5) is 0 Å². The van der Waals surface area contributed by atoms with E-state index in [4.69, 9.17) is 4.74 Å². The highest BCUT2D eigenvalue weighted by atomic mass is 16.5. The quantitative estimate of drug-likeness (QED) is 0.476. The largest absolute Gasteiger partial charge is 0.456 e. The standard InChI is InChI=1S/C23H17NO2/c25-23(22-15-14-20-8-4-5-9-21(20)24-22)26-16-17-10-12-19(13-11-17)18-6-2-1-3-7-18/h1-15H,16H2. The van der Waals surface area contributed by atoms with Crippen molar-refractivity contribution in [1.29, 1.82) is 0 Å². The normalized spacial score (nSPS) is 10.6. The van der Waals surface area contributed by atoms with E-state index in [9.17, 15) is 4.79 Å². The minimum absolute atomic E-state index is 0.225. The zero-order chi connectivity index (χ0) is 17.8. The van der Waals surface area contributed by atoms with E-state index in [1.807, 2.05) is 72.8 Å². The van der Waals surface area contributed by atoms with Crippen LogP contribution in [0.2, 0.25) is 0 Å². The van der Waals surface area contributed by atoms with Crippen molar-refractivity contribution in [1.82, 2.24) is 4.98 Å². The lowest BCUT2D eigenvalue weighted by atomic mass is 10.0. The third kappa shape index (κ3) is 3.47. The predicted octanol–water partition coefficient (Wildman–Crippen LogP) is 5.26. The van der Waals surface area contributed by atoms with Crippen LogP contribution in [0.1, 0.15) is 16.1 Å². The Hall–Kier alpha value is -3.46. The van der Waals surface area contributed by atoms with Gasteiger partial charge in [-0.15, -0.1) is 0 Å². The van der Waals surface area contributed by atoms with Gasteiger partial charge >= 0.3 is 5.97 Å². The van der Waals surface area contributed by atoms with E-state index in [1.54, 1.807) is 6.07 Å². The summed E-state index contributed by atoms with van der Waals surface area (Å²) in [6.07, 6.45) is 0. The number of fused-ring (bicyclic) bond motifs is 1. The Labute approximate surface area is 151 Å². The van der Waals surface area contributed by atoms with E-state index in [1.165, 1.54) is 0 Å². The predicted molar refractivity (Wildman–Crippen MR) is 103 cm³/mol. The van der Waals surface area contributed by atoms with Crippen LogP contribution in [0.15, 0.2) is 91.0 Å². The van der Waals surface area contributed by atoms with E-state index in [-0.39, 0.29) is 6.61 Å². The molecule has 4 aromatic rings. The monoisotopic (exact) mass is 339 g/mol. The Bertz CT molecular complexity index is 1040. The van der Waals surface area contributed by atoms with Crippen LogP contribution in [0.5, 0.6) is 0 Å². The Balaban J connectivity index is 1.43. The third-order valence-electron chi connectivity index (χ3n) is 4.24. The molecule has 3 nitrogen and oxygen atoms in total. The summed E-state index contributed by atoms with van der Waals surface area (Å²) in [4.78, 5) is 16.6. The number of para-hydroxylation sites is 1. The van der Waals surface area contributed by atoms with E-state index in [0.29, 0.717) is 5.69 Å². The fraction of sp³-hybridized carbons (Fsp3) is 0.0435. The maximum Gasteiger partial charge on any atom is 0.357 e. The molecule has 0 spiro atoms. The van der Waals surface area contributed by atoms with Crippen molar-refractivity contribution in [2.45, 2.75) is 6.61 Å². The van der Waals surface area contributed by atoms with Crippen molar-refractivity contribution < 1.29 is 9.53 Å². The van der Waals surface area contributed by atoms with Gasteiger partial charge in [-0.05, 0) is 28.8 Å². The zero-order valence-electron chi connectivity index (χ0n) is 14.1. The SMILES string of the molecule is O=C(OCc1ccc(-c2ccccc2)cc1)c1ccc2ccccc2n1. The smallest absolute Gasteiger partial charge is 0.357 e. The highest BCUT2D eigenvalue weighted by Gasteiger charge is 2.10. The van der Waals surface area contributed by atoms with Gasteiger partial charge in [0.05, 0.1) is 5.52 Å². The van der Waals surface area contributed by atoms with E-state index in [2.05, 4.69) is 17.1 Å². The van der Waals surface area contributed by atoms with Gasteiger partial charge in [0.1, 0.15) is 12.3 Å². The highest BCUT2D eigenvalue weighted by Crippen LogP contribution is 2.20. The van der Waals surface area contributed by atoms with Crippen molar-refractivity contribution in [3.8, 4) is 11.1 Å². The van der Waals surface area contributed by atoms with Crippen LogP contribution in [0.25, 0.3) is 22.0 Å². The minimum atomic E-state index is -0.414. The molecule has 0 saturated carbocycles. The van der Waals surface area contributed by atoms with E-state index in [0.717, 1.165) is 27.6 Å². The van der Waals surface area contributed by atoms with Crippen molar-refractivity contribution >= 4 is 16.9 Å². The number of esters is 1. The molecule has 26 heavy (non-hydrogen) atoms. The first-order chi connectivity index (χ1) is 12.8. The molecule has 0 aliphatic rings. The Morgan fingerprint density at radius 2 is 1.42 bits per heavy atom. The topological polar surface area (TPSA) is 39.2 Å². The second kappa shape index (κ2) is 7.19. The molecule has 126 valence electrons. The average molecular weight is 339 g/mol. The first-order valence-corrected chi connectivity index (χ1v) is 8.47. The van der Waals surface area contributed by atoms with Gasteiger partial charge in [0.15, 0.2) is 0 Å². The van der Waals surface area contributed by atoms with Gasteiger partial charge in [0, 0.05) is 5.39 Å². The van der Waals surface area contributed by atoms with Crippen LogP contribution < -0.4 is 0 Å². The molecule has 0 unspecified atom stereocenters. The molecule has 0 radical (unpaired) electrons. The third-order valence-corrected chi connectivity index (χ3v) is 4.24. The van der Waals surface area contributed by atoms with Crippen LogP contribution in [-0.4, -0.2) is 11.0 Å². The van der Waals surface area contributed by atoms with Gasteiger partial charge in [0.25, 0.3) is 0 Å². The van der Waals surface area contributed by atoms with Crippen LogP contribution >= 0.6 is 0 Å². The molecule has 0 aliphatic carbocycles. The van der Waals surface area contributed by atoms with Crippen molar-refractivity contribution in [3.05, 3.63) is 102 Å².